The van der Waals surface area contributed by atoms with Crippen molar-refractivity contribution in [1.29, 1.82) is 0 Å². The van der Waals surface area contributed by atoms with Gasteiger partial charge in [0.1, 0.15) is 11.6 Å². The van der Waals surface area contributed by atoms with E-state index in [1.807, 2.05) is 6.07 Å². The number of halogens is 4. The normalized spacial score (nSPS) is 11.1. The van der Waals surface area contributed by atoms with E-state index in [-0.39, 0.29) is 11.5 Å². The first-order valence-corrected chi connectivity index (χ1v) is 10.2. The number of alkyl halides is 2. The largest absolute Gasteiger partial charge is 0.454 e. The predicted molar refractivity (Wildman–Crippen MR) is 113 cm³/mol. The van der Waals surface area contributed by atoms with Crippen molar-refractivity contribution in [1.82, 2.24) is 4.57 Å². The van der Waals surface area contributed by atoms with Crippen LogP contribution in [-0.2, 0) is 13.5 Å². The van der Waals surface area contributed by atoms with Gasteiger partial charge in [0, 0.05) is 30.4 Å². The molecule has 0 N–H and O–H groups in total. The van der Waals surface area contributed by atoms with Crippen LogP contribution in [-0.4, -0.2) is 11.2 Å². The Morgan fingerprint density at radius 3 is 2.41 bits per heavy atom. The molecule has 0 aliphatic rings. The average molecular weight is 449 g/mol. The Bertz CT molecular complexity index is 1140. The van der Waals surface area contributed by atoms with E-state index in [4.69, 9.17) is 4.74 Å². The molecule has 170 valence electrons. The van der Waals surface area contributed by atoms with Gasteiger partial charge in [0.15, 0.2) is 17.3 Å². The molecule has 1 aromatic heterocycles. The molecule has 0 amide bonds. The van der Waals surface area contributed by atoms with E-state index in [1.165, 1.54) is 19.3 Å². The Morgan fingerprint density at radius 2 is 1.72 bits per heavy atom. The third kappa shape index (κ3) is 5.69. The molecular formula is C24H23F4NO3. The molecule has 0 saturated carbocycles. The van der Waals surface area contributed by atoms with E-state index in [1.54, 1.807) is 12.1 Å². The summed E-state index contributed by atoms with van der Waals surface area (Å²) in [6, 6.07) is 9.40. The molecule has 3 aromatic rings. The van der Waals surface area contributed by atoms with Crippen molar-refractivity contribution >= 4 is 0 Å². The van der Waals surface area contributed by atoms with Gasteiger partial charge in [-0.1, -0.05) is 25.8 Å². The Hall–Kier alpha value is -3.29. The highest BCUT2D eigenvalue weighted by molar-refractivity contribution is 5.72. The fraction of sp³-hybridized carbons (Fsp3) is 0.292. The highest BCUT2D eigenvalue weighted by Crippen LogP contribution is 2.36. The van der Waals surface area contributed by atoms with Crippen LogP contribution in [0.4, 0.5) is 17.6 Å². The van der Waals surface area contributed by atoms with E-state index in [0.717, 1.165) is 47.9 Å². The van der Waals surface area contributed by atoms with Crippen molar-refractivity contribution in [2.75, 3.05) is 0 Å². The van der Waals surface area contributed by atoms with E-state index in [0.29, 0.717) is 17.2 Å². The average Bonchev–Trinajstić information content (AvgIpc) is 2.74. The third-order valence-corrected chi connectivity index (χ3v) is 4.90. The summed E-state index contributed by atoms with van der Waals surface area (Å²) in [5, 5.41) is 0. The smallest absolute Gasteiger partial charge is 0.387 e. The number of unbranched alkanes of at least 4 members (excludes halogenated alkanes) is 2. The Labute approximate surface area is 183 Å². The molecule has 0 spiro atoms. The molecule has 8 heteroatoms. The minimum absolute atomic E-state index is 0.194. The Morgan fingerprint density at radius 1 is 0.969 bits per heavy atom. The Kier molecular flexibility index (Phi) is 7.56. The van der Waals surface area contributed by atoms with Crippen molar-refractivity contribution in [2.45, 2.75) is 39.2 Å². The molecule has 0 saturated heterocycles. The zero-order valence-corrected chi connectivity index (χ0v) is 17.7. The summed E-state index contributed by atoms with van der Waals surface area (Å²) >= 11 is 0. The van der Waals surface area contributed by atoms with Crippen LogP contribution in [0.1, 0.15) is 31.7 Å². The van der Waals surface area contributed by atoms with Gasteiger partial charge in [0.05, 0.1) is 0 Å². The first kappa shape index (κ1) is 23.4. The van der Waals surface area contributed by atoms with Gasteiger partial charge >= 0.3 is 6.61 Å². The number of hydrogen-bond donors (Lipinski definition) is 0. The molecule has 0 radical (unpaired) electrons. The summed E-state index contributed by atoms with van der Waals surface area (Å²) in [7, 11) is 1.41. The van der Waals surface area contributed by atoms with Crippen LogP contribution in [0.25, 0.3) is 11.1 Å². The van der Waals surface area contributed by atoms with E-state index in [2.05, 4.69) is 11.7 Å². The molecule has 4 nitrogen and oxygen atoms in total. The van der Waals surface area contributed by atoms with Crippen LogP contribution in [0, 0.1) is 11.6 Å². The van der Waals surface area contributed by atoms with Crippen molar-refractivity contribution in [2.24, 2.45) is 7.05 Å². The van der Waals surface area contributed by atoms with Crippen molar-refractivity contribution < 1.29 is 27.0 Å². The van der Waals surface area contributed by atoms with Gasteiger partial charge in [-0.25, -0.2) is 8.78 Å². The molecule has 0 aliphatic carbocycles. The second-order valence-corrected chi connectivity index (χ2v) is 7.35. The van der Waals surface area contributed by atoms with E-state index in [9.17, 15) is 22.4 Å². The summed E-state index contributed by atoms with van der Waals surface area (Å²) in [6.07, 6.45) is 5.28. The van der Waals surface area contributed by atoms with Gasteiger partial charge in [0.2, 0.25) is 0 Å². The number of rotatable bonds is 9. The zero-order chi connectivity index (χ0) is 23.3. The number of pyridine rings is 1. The summed E-state index contributed by atoms with van der Waals surface area (Å²) < 4.78 is 64.2. The van der Waals surface area contributed by atoms with Crippen molar-refractivity contribution in [3.63, 3.8) is 0 Å². The van der Waals surface area contributed by atoms with Gasteiger partial charge in [-0.05, 0) is 48.7 Å². The van der Waals surface area contributed by atoms with E-state index >= 15 is 0 Å². The highest BCUT2D eigenvalue weighted by Gasteiger charge is 2.17. The molecule has 32 heavy (non-hydrogen) atoms. The number of benzene rings is 2. The molecule has 2 aromatic carbocycles. The standard InChI is InChI=1S/C24H23F4NO3/c1-3-4-5-6-15-7-9-20(31-21-10-8-17(25)13-19(21)26)18(11-15)16-12-22(32-24(27)28)23(30)29(2)14-16/h7-14,24H,3-6H2,1-2H3. The maximum Gasteiger partial charge on any atom is 0.387 e. The molecule has 0 aliphatic heterocycles. The van der Waals surface area contributed by atoms with Gasteiger partial charge in [-0.2, -0.15) is 8.78 Å². The maximum atomic E-state index is 14.2. The van der Waals surface area contributed by atoms with Crippen molar-refractivity contribution in [3.05, 3.63) is 76.2 Å². The number of aromatic nitrogens is 1. The molecule has 3 rings (SSSR count). The van der Waals surface area contributed by atoms with Gasteiger partial charge < -0.3 is 14.0 Å². The van der Waals surface area contributed by atoms with Gasteiger partial charge in [0.25, 0.3) is 5.56 Å². The second kappa shape index (κ2) is 10.3. The summed E-state index contributed by atoms with van der Waals surface area (Å²) in [5.74, 6) is -2.12. The summed E-state index contributed by atoms with van der Waals surface area (Å²) in [5.41, 5.74) is 1.07. The monoisotopic (exact) mass is 449 g/mol. The lowest BCUT2D eigenvalue weighted by molar-refractivity contribution is -0.0510. The summed E-state index contributed by atoms with van der Waals surface area (Å²) in [4.78, 5) is 12.2. The fourth-order valence-corrected chi connectivity index (χ4v) is 3.31. The fourth-order valence-electron chi connectivity index (χ4n) is 3.31. The van der Waals surface area contributed by atoms with Gasteiger partial charge in [-0.15, -0.1) is 0 Å². The maximum absolute atomic E-state index is 14.2. The number of nitrogens with zero attached hydrogens (tertiary/aromatic N) is 1. The van der Waals surface area contributed by atoms with Crippen LogP contribution in [0.2, 0.25) is 0 Å². The molecule has 0 atom stereocenters. The zero-order valence-electron chi connectivity index (χ0n) is 17.7. The van der Waals surface area contributed by atoms with E-state index < -0.39 is 29.6 Å². The molecule has 0 bridgehead atoms. The lowest BCUT2D eigenvalue weighted by Gasteiger charge is -2.16. The number of aryl methyl sites for hydroxylation is 2. The highest BCUT2D eigenvalue weighted by atomic mass is 19.3. The minimum atomic E-state index is -3.16. The van der Waals surface area contributed by atoms with Crippen LogP contribution in [0.3, 0.4) is 0 Å². The number of hydrogen-bond acceptors (Lipinski definition) is 3. The molecular weight excluding hydrogens is 426 g/mol. The second-order valence-electron chi connectivity index (χ2n) is 7.35. The molecule has 0 unspecified atom stereocenters. The minimum Gasteiger partial charge on any atom is -0.454 e. The third-order valence-electron chi connectivity index (χ3n) is 4.90. The quantitative estimate of drug-likeness (QED) is 0.278. The van der Waals surface area contributed by atoms with Crippen LogP contribution in [0.15, 0.2) is 53.5 Å². The lowest BCUT2D eigenvalue weighted by Crippen LogP contribution is -2.20. The summed E-state index contributed by atoms with van der Waals surface area (Å²) in [6.45, 7) is -1.07. The predicted octanol–water partition coefficient (Wildman–Crippen LogP) is 6.46. The molecule has 0 fully saturated rings. The first-order chi connectivity index (χ1) is 15.3. The Balaban J connectivity index is 2.09. The first-order valence-electron chi connectivity index (χ1n) is 10.2. The molecule has 1 heterocycles. The number of ether oxygens (including phenoxy) is 2. The topological polar surface area (TPSA) is 40.5 Å². The van der Waals surface area contributed by atoms with Crippen LogP contribution in [0.5, 0.6) is 17.2 Å². The lowest BCUT2D eigenvalue weighted by atomic mass is 9.99. The SMILES string of the molecule is CCCCCc1ccc(Oc2ccc(F)cc2F)c(-c2cc(OC(F)F)c(=O)n(C)c2)c1. The van der Waals surface area contributed by atoms with Gasteiger partial charge in [-0.3, -0.25) is 4.79 Å². The van der Waals surface area contributed by atoms with Crippen LogP contribution < -0.4 is 15.0 Å². The van der Waals surface area contributed by atoms with Crippen LogP contribution >= 0.6 is 0 Å². The van der Waals surface area contributed by atoms with Crippen molar-refractivity contribution in [3.8, 4) is 28.4 Å².